The van der Waals surface area contributed by atoms with Gasteiger partial charge in [-0.1, -0.05) is 12.1 Å². The zero-order chi connectivity index (χ0) is 23.7. The maximum atomic E-state index is 12.8. The van der Waals surface area contributed by atoms with Crippen molar-refractivity contribution in [1.29, 1.82) is 0 Å². The van der Waals surface area contributed by atoms with Crippen molar-refractivity contribution in [3.05, 3.63) is 65.4 Å². The van der Waals surface area contributed by atoms with Gasteiger partial charge in [0.15, 0.2) is 5.78 Å². The minimum atomic E-state index is -1.25. The number of aliphatic hydroxyl groups is 1. The van der Waals surface area contributed by atoms with Crippen molar-refractivity contribution >= 4 is 17.7 Å². The van der Waals surface area contributed by atoms with E-state index >= 15 is 0 Å². The molecule has 172 valence electrons. The number of aromatic hydroxyl groups is 2. The number of phenolic OH excluding ortho intramolecular Hbond substituents is 2. The third kappa shape index (κ3) is 4.14. The number of phenols is 2. The highest BCUT2D eigenvalue weighted by atomic mass is 16.6. The van der Waals surface area contributed by atoms with Crippen LogP contribution in [0.15, 0.2) is 54.3 Å². The van der Waals surface area contributed by atoms with E-state index < -0.39 is 47.5 Å². The van der Waals surface area contributed by atoms with Crippen LogP contribution in [0.25, 0.3) is 0 Å². The van der Waals surface area contributed by atoms with E-state index in [4.69, 9.17) is 14.2 Å². The van der Waals surface area contributed by atoms with Crippen molar-refractivity contribution in [3.8, 4) is 17.2 Å². The predicted octanol–water partition coefficient (Wildman–Crippen LogP) is 2.28. The van der Waals surface area contributed by atoms with Crippen LogP contribution in [0.5, 0.6) is 17.2 Å². The van der Waals surface area contributed by atoms with Gasteiger partial charge in [0.2, 0.25) is 6.29 Å². The minimum Gasteiger partial charge on any atom is -0.507 e. The molecule has 1 heterocycles. The topological polar surface area (TPSA) is 140 Å². The van der Waals surface area contributed by atoms with Gasteiger partial charge in [0.25, 0.3) is 0 Å². The van der Waals surface area contributed by atoms with E-state index in [-0.39, 0.29) is 28.2 Å². The fraction of sp³-hybridized carbons (Fsp3) is 0.292. The Morgan fingerprint density at radius 3 is 2.42 bits per heavy atom. The normalized spacial score (nSPS) is 23.6. The molecular weight excluding hydrogens is 432 g/mol. The Balaban J connectivity index is 1.51. The van der Waals surface area contributed by atoms with Gasteiger partial charge in [-0.25, -0.2) is 4.79 Å². The Morgan fingerprint density at radius 2 is 1.73 bits per heavy atom. The van der Waals surface area contributed by atoms with E-state index in [1.54, 1.807) is 12.1 Å². The zero-order valence-corrected chi connectivity index (χ0v) is 17.6. The number of carbonyl (C=O) groups is 3. The lowest BCUT2D eigenvalue weighted by Crippen LogP contribution is -2.39. The number of carbonyl (C=O) groups excluding carboxylic acids is 3. The summed E-state index contributed by atoms with van der Waals surface area (Å²) in [5.41, 5.74) is 0.106. The summed E-state index contributed by atoms with van der Waals surface area (Å²) in [5, 5.41) is 30.4. The van der Waals surface area contributed by atoms with Gasteiger partial charge in [0, 0.05) is 17.9 Å². The van der Waals surface area contributed by atoms with Gasteiger partial charge in [-0.3, -0.25) is 9.59 Å². The maximum absolute atomic E-state index is 12.8. The predicted molar refractivity (Wildman–Crippen MR) is 112 cm³/mol. The van der Waals surface area contributed by atoms with Crippen LogP contribution in [0.1, 0.15) is 28.8 Å². The second-order valence-electron chi connectivity index (χ2n) is 7.91. The monoisotopic (exact) mass is 454 g/mol. The summed E-state index contributed by atoms with van der Waals surface area (Å²) >= 11 is 0. The smallest absolute Gasteiger partial charge is 0.342 e. The highest BCUT2D eigenvalue weighted by Crippen LogP contribution is 2.46. The lowest BCUT2D eigenvalue weighted by atomic mass is 9.83. The average Bonchev–Trinajstić information content (AvgIpc) is 3.25. The number of benzene rings is 2. The Bertz CT molecular complexity index is 1140. The molecule has 0 spiro atoms. The van der Waals surface area contributed by atoms with Crippen LogP contribution in [0.3, 0.4) is 0 Å². The van der Waals surface area contributed by atoms with Crippen LogP contribution in [-0.4, -0.2) is 46.4 Å². The molecule has 1 aliphatic heterocycles. The van der Waals surface area contributed by atoms with E-state index in [9.17, 15) is 29.7 Å². The molecule has 9 heteroatoms. The van der Waals surface area contributed by atoms with Crippen LogP contribution in [-0.2, 0) is 19.1 Å². The second kappa shape index (κ2) is 8.95. The van der Waals surface area contributed by atoms with Gasteiger partial charge in [-0.2, -0.15) is 0 Å². The summed E-state index contributed by atoms with van der Waals surface area (Å²) < 4.78 is 15.3. The Kier molecular flexibility index (Phi) is 6.06. The molecule has 0 bridgehead atoms. The average molecular weight is 454 g/mol. The van der Waals surface area contributed by atoms with Crippen LogP contribution in [0.4, 0.5) is 0 Å². The molecule has 0 aromatic heterocycles. The number of ketones is 1. The van der Waals surface area contributed by atoms with E-state index in [1.165, 1.54) is 31.4 Å². The number of hydrogen-bond donors (Lipinski definition) is 3. The number of rotatable bonds is 5. The van der Waals surface area contributed by atoms with Crippen LogP contribution < -0.4 is 4.74 Å². The molecule has 4 rings (SSSR count). The van der Waals surface area contributed by atoms with Gasteiger partial charge < -0.3 is 29.5 Å². The molecule has 3 N–H and O–H groups in total. The number of ether oxygens (including phenoxy) is 3. The van der Waals surface area contributed by atoms with Gasteiger partial charge in [-0.15, -0.1) is 0 Å². The lowest BCUT2D eigenvalue weighted by Gasteiger charge is -2.32. The van der Waals surface area contributed by atoms with Crippen molar-refractivity contribution in [2.45, 2.75) is 19.1 Å². The van der Waals surface area contributed by atoms with Crippen molar-refractivity contribution in [2.24, 2.45) is 17.8 Å². The number of fused-ring (bicyclic) bond motifs is 1. The van der Waals surface area contributed by atoms with E-state index in [0.29, 0.717) is 12.8 Å². The molecule has 9 nitrogen and oxygen atoms in total. The van der Waals surface area contributed by atoms with Gasteiger partial charge in [0.1, 0.15) is 17.2 Å². The third-order valence-electron chi connectivity index (χ3n) is 6.09. The third-order valence-corrected chi connectivity index (χ3v) is 6.09. The summed E-state index contributed by atoms with van der Waals surface area (Å²) in [7, 11) is 1.26. The highest BCUT2D eigenvalue weighted by Gasteiger charge is 2.50. The Morgan fingerprint density at radius 1 is 1.00 bits per heavy atom. The molecule has 33 heavy (non-hydrogen) atoms. The second-order valence-corrected chi connectivity index (χ2v) is 7.91. The molecular formula is C24H22O9. The highest BCUT2D eigenvalue weighted by molar-refractivity contribution is 6.12. The number of para-hydroxylation sites is 1. The summed E-state index contributed by atoms with van der Waals surface area (Å²) in [6.07, 6.45) is 0.771. The molecule has 0 radical (unpaired) electrons. The Hall–Kier alpha value is -3.85. The lowest BCUT2D eigenvalue weighted by molar-refractivity contribution is -0.162. The standard InChI is InChI=1S/C24H22O9/c1-31-22(28)16-9-8-13-17(11-32-24(30)20(13)16)23(29)33-12-6-7-15(19(26)10-12)21(27)14-4-2-3-5-18(14)25/h2-7,10-11,13,16,20,24-26,30H,8-9H2,1H3. The van der Waals surface area contributed by atoms with Gasteiger partial charge in [-0.05, 0) is 37.1 Å². The molecule has 2 aliphatic rings. The molecule has 4 unspecified atom stereocenters. The van der Waals surface area contributed by atoms with E-state index in [2.05, 4.69) is 0 Å². The summed E-state index contributed by atoms with van der Waals surface area (Å²) in [6, 6.07) is 9.68. The summed E-state index contributed by atoms with van der Waals surface area (Å²) in [5.74, 6) is -4.20. The number of esters is 2. The van der Waals surface area contributed by atoms with Crippen molar-refractivity contribution in [1.82, 2.24) is 0 Å². The largest absolute Gasteiger partial charge is 0.507 e. The van der Waals surface area contributed by atoms with Crippen molar-refractivity contribution < 1.29 is 43.9 Å². The van der Waals surface area contributed by atoms with Crippen LogP contribution in [0, 0.1) is 17.8 Å². The van der Waals surface area contributed by atoms with Gasteiger partial charge >= 0.3 is 11.9 Å². The maximum Gasteiger partial charge on any atom is 0.342 e. The first-order chi connectivity index (χ1) is 15.8. The molecule has 2 aromatic carbocycles. The van der Waals surface area contributed by atoms with Crippen molar-refractivity contribution in [3.63, 3.8) is 0 Å². The first-order valence-electron chi connectivity index (χ1n) is 10.3. The molecule has 0 saturated heterocycles. The fourth-order valence-corrected chi connectivity index (χ4v) is 4.48. The van der Waals surface area contributed by atoms with Crippen molar-refractivity contribution in [2.75, 3.05) is 7.11 Å². The quantitative estimate of drug-likeness (QED) is 0.353. The van der Waals surface area contributed by atoms with Gasteiger partial charge in [0.05, 0.1) is 36.0 Å². The summed E-state index contributed by atoms with van der Waals surface area (Å²) in [4.78, 5) is 37.5. The molecule has 1 fully saturated rings. The molecule has 1 saturated carbocycles. The molecule has 0 amide bonds. The number of hydrogen-bond acceptors (Lipinski definition) is 9. The van der Waals surface area contributed by atoms with E-state index in [0.717, 1.165) is 12.3 Å². The molecule has 1 aliphatic carbocycles. The van der Waals surface area contributed by atoms with Crippen LogP contribution >= 0.6 is 0 Å². The first kappa shape index (κ1) is 22.3. The fourth-order valence-electron chi connectivity index (χ4n) is 4.48. The summed E-state index contributed by atoms with van der Waals surface area (Å²) in [6.45, 7) is 0. The first-order valence-corrected chi connectivity index (χ1v) is 10.3. The number of aliphatic hydroxyl groups excluding tert-OH is 1. The molecule has 4 atom stereocenters. The zero-order valence-electron chi connectivity index (χ0n) is 17.6. The Labute approximate surface area is 188 Å². The molecule has 2 aromatic rings. The minimum absolute atomic E-state index is 0.0163. The van der Waals surface area contributed by atoms with Crippen LogP contribution in [0.2, 0.25) is 0 Å². The SMILES string of the molecule is COC(=O)C1CCC2C(C(=O)Oc3ccc(C(=O)c4ccccc4O)c(O)c3)=COC(O)C12. The van der Waals surface area contributed by atoms with E-state index in [1.807, 2.05) is 0 Å². The number of methoxy groups -OCH3 is 1.